The molecule has 7 heteroatoms. The minimum Gasteiger partial charge on any atom is -0.447 e. The van der Waals surface area contributed by atoms with E-state index < -0.39 is 0 Å². The summed E-state index contributed by atoms with van der Waals surface area (Å²) in [6.07, 6.45) is 4.14. The Labute approximate surface area is 120 Å². The van der Waals surface area contributed by atoms with Gasteiger partial charge >= 0.3 is 6.08 Å². The average Bonchev–Trinajstić information content (AvgIpc) is 3.14. The molecular formula is C14H13FN4O2. The van der Waals surface area contributed by atoms with E-state index >= 15 is 0 Å². The van der Waals surface area contributed by atoms with Crippen molar-refractivity contribution in [2.75, 3.05) is 6.61 Å². The number of halogens is 1. The highest BCUT2D eigenvalue weighted by atomic mass is 19.1. The maximum atomic E-state index is 12.8. The molecule has 0 aliphatic heterocycles. The smallest absolute Gasteiger partial charge is 0.417 e. The third-order valence-electron chi connectivity index (χ3n) is 2.83. The SMILES string of the molecule is Fc1ccc(Cc2noc(OCCn3cccn3)n2)cc1. The van der Waals surface area contributed by atoms with Crippen molar-refractivity contribution in [1.29, 1.82) is 0 Å². The molecule has 0 atom stereocenters. The van der Waals surface area contributed by atoms with Crippen LogP contribution < -0.4 is 4.74 Å². The standard InChI is InChI=1S/C14H13FN4O2/c15-12-4-2-11(3-5-12)10-13-17-14(21-18-13)20-9-8-19-7-1-6-16-19/h1-7H,8-10H2. The van der Waals surface area contributed by atoms with Gasteiger partial charge in [0.1, 0.15) is 12.4 Å². The van der Waals surface area contributed by atoms with E-state index in [1.165, 1.54) is 12.1 Å². The molecule has 0 fully saturated rings. The van der Waals surface area contributed by atoms with Gasteiger partial charge in [0.05, 0.1) is 6.54 Å². The van der Waals surface area contributed by atoms with E-state index in [4.69, 9.17) is 9.26 Å². The summed E-state index contributed by atoms with van der Waals surface area (Å²) >= 11 is 0. The van der Waals surface area contributed by atoms with E-state index in [9.17, 15) is 4.39 Å². The maximum Gasteiger partial charge on any atom is 0.417 e. The lowest BCUT2D eigenvalue weighted by atomic mass is 10.1. The Kier molecular flexibility index (Phi) is 3.90. The van der Waals surface area contributed by atoms with E-state index in [0.717, 1.165) is 5.56 Å². The van der Waals surface area contributed by atoms with E-state index in [2.05, 4.69) is 15.2 Å². The zero-order chi connectivity index (χ0) is 14.5. The zero-order valence-electron chi connectivity index (χ0n) is 11.1. The molecule has 0 spiro atoms. The van der Waals surface area contributed by atoms with Crippen LogP contribution in [0.4, 0.5) is 4.39 Å². The Morgan fingerprint density at radius 2 is 2.10 bits per heavy atom. The van der Waals surface area contributed by atoms with Crippen LogP contribution in [0, 0.1) is 5.82 Å². The van der Waals surface area contributed by atoms with Crippen LogP contribution in [0.1, 0.15) is 11.4 Å². The van der Waals surface area contributed by atoms with Crippen molar-refractivity contribution in [3.05, 3.63) is 59.9 Å². The van der Waals surface area contributed by atoms with Gasteiger partial charge in [-0.3, -0.25) is 9.20 Å². The first-order valence-corrected chi connectivity index (χ1v) is 6.47. The maximum absolute atomic E-state index is 12.8. The predicted molar refractivity (Wildman–Crippen MR) is 71.2 cm³/mol. The van der Waals surface area contributed by atoms with E-state index in [0.29, 0.717) is 25.4 Å². The molecule has 0 aliphatic carbocycles. The van der Waals surface area contributed by atoms with E-state index in [1.54, 1.807) is 23.0 Å². The topological polar surface area (TPSA) is 66.0 Å². The molecule has 108 valence electrons. The summed E-state index contributed by atoms with van der Waals surface area (Å²) in [5.74, 6) is 0.227. The predicted octanol–water partition coefficient (Wildman–Crippen LogP) is 2.07. The molecule has 2 aromatic heterocycles. The van der Waals surface area contributed by atoms with Crippen molar-refractivity contribution in [3.63, 3.8) is 0 Å². The van der Waals surface area contributed by atoms with Crippen LogP contribution >= 0.6 is 0 Å². The van der Waals surface area contributed by atoms with Crippen LogP contribution in [0.5, 0.6) is 6.08 Å². The summed E-state index contributed by atoms with van der Waals surface area (Å²) in [5.41, 5.74) is 0.903. The molecule has 3 rings (SSSR count). The summed E-state index contributed by atoms with van der Waals surface area (Å²) in [6.45, 7) is 0.989. The van der Waals surface area contributed by atoms with Crippen molar-refractivity contribution in [2.45, 2.75) is 13.0 Å². The van der Waals surface area contributed by atoms with Crippen LogP contribution in [-0.2, 0) is 13.0 Å². The van der Waals surface area contributed by atoms with Crippen molar-refractivity contribution < 1.29 is 13.7 Å². The lowest BCUT2D eigenvalue weighted by Crippen LogP contribution is -2.08. The molecule has 0 radical (unpaired) electrons. The summed E-state index contributed by atoms with van der Waals surface area (Å²) in [7, 11) is 0. The fourth-order valence-corrected chi connectivity index (χ4v) is 1.81. The molecule has 1 aromatic carbocycles. The molecular weight excluding hydrogens is 275 g/mol. The van der Waals surface area contributed by atoms with Gasteiger partial charge in [0.25, 0.3) is 0 Å². The zero-order valence-corrected chi connectivity index (χ0v) is 11.1. The summed E-state index contributed by atoms with van der Waals surface area (Å²) in [4.78, 5) is 4.12. The molecule has 3 aromatic rings. The molecule has 21 heavy (non-hydrogen) atoms. The molecule has 0 aliphatic rings. The van der Waals surface area contributed by atoms with Crippen LogP contribution in [0.2, 0.25) is 0 Å². The largest absolute Gasteiger partial charge is 0.447 e. The van der Waals surface area contributed by atoms with Gasteiger partial charge in [0.2, 0.25) is 0 Å². The van der Waals surface area contributed by atoms with Gasteiger partial charge in [-0.1, -0.05) is 17.3 Å². The number of ether oxygens (including phenoxy) is 1. The van der Waals surface area contributed by atoms with Gasteiger partial charge in [-0.05, 0) is 23.8 Å². The van der Waals surface area contributed by atoms with Gasteiger partial charge < -0.3 is 4.74 Å². The van der Waals surface area contributed by atoms with Gasteiger partial charge in [-0.15, -0.1) is 0 Å². The lowest BCUT2D eigenvalue weighted by molar-refractivity contribution is 0.193. The van der Waals surface area contributed by atoms with E-state index in [-0.39, 0.29) is 11.9 Å². The first-order chi connectivity index (χ1) is 10.3. The molecule has 2 heterocycles. The highest BCUT2D eigenvalue weighted by molar-refractivity contribution is 5.19. The molecule has 0 bridgehead atoms. The van der Waals surface area contributed by atoms with Crippen LogP contribution in [-0.4, -0.2) is 26.5 Å². The van der Waals surface area contributed by atoms with Gasteiger partial charge in [-0.25, -0.2) is 4.39 Å². The van der Waals surface area contributed by atoms with Gasteiger partial charge in [0.15, 0.2) is 5.82 Å². The average molecular weight is 288 g/mol. The molecule has 0 unspecified atom stereocenters. The lowest BCUT2D eigenvalue weighted by Gasteiger charge is -2.00. The Hall–Kier alpha value is -2.70. The quantitative estimate of drug-likeness (QED) is 0.694. The minimum atomic E-state index is -0.269. The summed E-state index contributed by atoms with van der Waals surface area (Å²) in [5, 5.41) is 7.88. The Morgan fingerprint density at radius 3 is 2.86 bits per heavy atom. The fourth-order valence-electron chi connectivity index (χ4n) is 1.81. The minimum absolute atomic E-state index is 0.124. The van der Waals surface area contributed by atoms with Crippen molar-refractivity contribution in [3.8, 4) is 6.08 Å². The second-order valence-electron chi connectivity index (χ2n) is 4.40. The highest BCUT2D eigenvalue weighted by Crippen LogP contribution is 2.11. The number of hydrogen-bond acceptors (Lipinski definition) is 5. The molecule has 0 amide bonds. The second-order valence-corrected chi connectivity index (χ2v) is 4.40. The molecule has 0 saturated carbocycles. The fraction of sp³-hybridized carbons (Fsp3) is 0.214. The molecule has 6 nitrogen and oxygen atoms in total. The molecule has 0 N–H and O–H groups in total. The van der Waals surface area contributed by atoms with Crippen molar-refractivity contribution >= 4 is 0 Å². The van der Waals surface area contributed by atoms with E-state index in [1.807, 2.05) is 12.3 Å². The summed E-state index contributed by atoms with van der Waals surface area (Å²) in [6, 6.07) is 8.01. The third kappa shape index (κ3) is 3.65. The Morgan fingerprint density at radius 1 is 1.24 bits per heavy atom. The number of rotatable bonds is 6. The highest BCUT2D eigenvalue weighted by Gasteiger charge is 2.08. The van der Waals surface area contributed by atoms with Crippen LogP contribution in [0.3, 0.4) is 0 Å². The van der Waals surface area contributed by atoms with Crippen LogP contribution in [0.25, 0.3) is 0 Å². The number of hydrogen-bond donors (Lipinski definition) is 0. The van der Waals surface area contributed by atoms with Gasteiger partial charge in [0, 0.05) is 18.8 Å². The molecule has 0 saturated heterocycles. The number of nitrogens with zero attached hydrogens (tertiary/aromatic N) is 4. The van der Waals surface area contributed by atoms with Gasteiger partial charge in [-0.2, -0.15) is 10.1 Å². The van der Waals surface area contributed by atoms with Crippen LogP contribution in [0.15, 0.2) is 47.2 Å². The first-order valence-electron chi connectivity index (χ1n) is 6.47. The Balaban J connectivity index is 1.52. The van der Waals surface area contributed by atoms with Crippen molar-refractivity contribution in [1.82, 2.24) is 19.9 Å². The monoisotopic (exact) mass is 288 g/mol. The number of aromatic nitrogens is 4. The first kappa shape index (κ1) is 13.3. The number of benzene rings is 1. The third-order valence-corrected chi connectivity index (χ3v) is 2.83. The summed E-state index contributed by atoms with van der Waals surface area (Å²) < 4.78 is 24.9. The normalized spacial score (nSPS) is 10.7. The Bertz CT molecular complexity index is 679. The second kappa shape index (κ2) is 6.17. The van der Waals surface area contributed by atoms with Crippen molar-refractivity contribution in [2.24, 2.45) is 0 Å².